The Balaban J connectivity index is 1.68. The fourth-order valence-corrected chi connectivity index (χ4v) is 7.07. The zero-order valence-corrected chi connectivity index (χ0v) is 28.2. The number of aryl methyl sites for hydroxylation is 1. The van der Waals surface area contributed by atoms with E-state index in [1.165, 1.54) is 18.2 Å². The molecule has 5 atom stereocenters. The standard InChI is InChI=1S/C32H45FN4O8S/c1-9-19-15-32(19,27(40)36-46(43,44)21-12-13-21)35-25(38)23-16-31(42,20-11-10-18(2)22(33)14-20)17-37(23)26(39)24(29(3,4)5)34-28(41)45-30(6,7)8/h9-11,14,19,21,23-24,42H,1,12-13,15-17H2,2-8H3,(H,34,41)(H,35,38)(H,36,40)/t19-,23+,24-,31+,32-/m1/s1. The lowest BCUT2D eigenvalue weighted by atomic mass is 9.85. The van der Waals surface area contributed by atoms with Gasteiger partial charge in [-0.3, -0.25) is 19.1 Å². The summed E-state index contributed by atoms with van der Waals surface area (Å²) < 4.78 is 47.2. The molecule has 2 saturated carbocycles. The number of carbonyl (C=O) groups excluding carboxylic acids is 4. The summed E-state index contributed by atoms with van der Waals surface area (Å²) in [5.41, 5.74) is -4.81. The number of alkyl carbamates (subject to hydrolysis) is 1. The highest BCUT2D eigenvalue weighted by Crippen LogP contribution is 2.46. The van der Waals surface area contributed by atoms with Crippen LogP contribution >= 0.6 is 0 Å². The van der Waals surface area contributed by atoms with E-state index in [0.29, 0.717) is 18.4 Å². The zero-order chi connectivity index (χ0) is 34.6. The SMILES string of the molecule is C=C[C@@H]1C[C@]1(NC(=O)[C@@H]1C[C@@](O)(c2ccc(C)c(F)c2)CN1C(=O)[C@@H](NC(=O)OC(C)(C)C)C(C)(C)C)C(=O)NS(=O)(=O)C1CC1. The van der Waals surface area contributed by atoms with Crippen LogP contribution in [0.3, 0.4) is 0 Å². The van der Waals surface area contributed by atoms with Crippen molar-refractivity contribution in [2.45, 2.75) is 108 Å². The first kappa shape index (κ1) is 35.3. The highest BCUT2D eigenvalue weighted by molar-refractivity contribution is 7.91. The molecule has 0 unspecified atom stereocenters. The van der Waals surface area contributed by atoms with Crippen molar-refractivity contribution >= 4 is 33.8 Å². The van der Waals surface area contributed by atoms with E-state index in [4.69, 9.17) is 4.74 Å². The van der Waals surface area contributed by atoms with Gasteiger partial charge in [-0.25, -0.2) is 17.6 Å². The second kappa shape index (κ2) is 11.9. The minimum atomic E-state index is -3.93. The third-order valence-electron chi connectivity index (χ3n) is 8.66. The lowest BCUT2D eigenvalue weighted by Crippen LogP contribution is -2.60. The number of nitrogens with zero attached hydrogens (tertiary/aromatic N) is 1. The van der Waals surface area contributed by atoms with Crippen molar-refractivity contribution in [3.05, 3.63) is 47.8 Å². The summed E-state index contributed by atoms with van der Waals surface area (Å²) in [6.07, 6.45) is 1.14. The van der Waals surface area contributed by atoms with E-state index in [0.717, 1.165) is 11.0 Å². The van der Waals surface area contributed by atoms with Crippen LogP contribution in [0.5, 0.6) is 0 Å². The Labute approximate surface area is 269 Å². The van der Waals surface area contributed by atoms with Gasteiger partial charge >= 0.3 is 6.09 Å². The van der Waals surface area contributed by atoms with Gasteiger partial charge < -0.3 is 25.4 Å². The smallest absolute Gasteiger partial charge is 0.408 e. The van der Waals surface area contributed by atoms with Crippen molar-refractivity contribution in [3.8, 4) is 0 Å². The van der Waals surface area contributed by atoms with E-state index in [1.54, 1.807) is 48.5 Å². The molecule has 0 spiro atoms. The average Bonchev–Trinajstić information content (AvgIpc) is 3.84. The largest absolute Gasteiger partial charge is 0.444 e. The van der Waals surface area contributed by atoms with E-state index in [1.807, 2.05) is 0 Å². The summed E-state index contributed by atoms with van der Waals surface area (Å²) in [5, 5.41) is 16.4. The molecular formula is C32H45FN4O8S. The van der Waals surface area contributed by atoms with E-state index in [9.17, 15) is 37.1 Å². The predicted octanol–water partition coefficient (Wildman–Crippen LogP) is 2.53. The summed E-state index contributed by atoms with van der Waals surface area (Å²) in [5.74, 6) is -3.63. The Morgan fingerprint density at radius 2 is 1.76 bits per heavy atom. The molecular weight excluding hydrogens is 619 g/mol. The van der Waals surface area contributed by atoms with Gasteiger partial charge in [0.05, 0.1) is 11.8 Å². The first-order valence-corrected chi connectivity index (χ1v) is 16.9. The second-order valence-electron chi connectivity index (χ2n) is 14.8. The summed E-state index contributed by atoms with van der Waals surface area (Å²) in [4.78, 5) is 55.5. The van der Waals surface area contributed by atoms with Crippen LogP contribution < -0.4 is 15.4 Å². The lowest BCUT2D eigenvalue weighted by Gasteiger charge is -2.36. The number of ether oxygens (including phenoxy) is 1. The number of nitrogens with one attached hydrogen (secondary N) is 3. The Hall–Kier alpha value is -3.52. The molecule has 4 amide bonds. The maximum atomic E-state index is 14.6. The Morgan fingerprint density at radius 3 is 2.26 bits per heavy atom. The molecule has 4 rings (SSSR count). The molecule has 0 bridgehead atoms. The van der Waals surface area contributed by atoms with Crippen LogP contribution in [0.4, 0.5) is 9.18 Å². The topological polar surface area (TPSA) is 171 Å². The first-order chi connectivity index (χ1) is 21.0. The fraction of sp³-hybridized carbons (Fsp3) is 0.625. The number of hydrogen-bond acceptors (Lipinski definition) is 8. The van der Waals surface area contributed by atoms with Crippen LogP contribution in [0.1, 0.15) is 78.4 Å². The molecule has 1 aromatic carbocycles. The maximum absolute atomic E-state index is 14.6. The molecule has 254 valence electrons. The molecule has 0 aromatic heterocycles. The molecule has 3 aliphatic rings. The van der Waals surface area contributed by atoms with Gasteiger partial charge in [-0.05, 0) is 69.6 Å². The van der Waals surface area contributed by atoms with Gasteiger partial charge in [0.25, 0.3) is 5.91 Å². The fourth-order valence-electron chi connectivity index (χ4n) is 5.70. The molecule has 46 heavy (non-hydrogen) atoms. The highest BCUT2D eigenvalue weighted by atomic mass is 32.2. The number of likely N-dealkylation sites (tertiary alicyclic amines) is 1. The average molecular weight is 665 g/mol. The van der Waals surface area contributed by atoms with Crippen LogP contribution in [0.15, 0.2) is 30.9 Å². The van der Waals surface area contributed by atoms with Crippen molar-refractivity contribution in [1.82, 2.24) is 20.3 Å². The Kier molecular flexibility index (Phi) is 9.16. The molecule has 1 saturated heterocycles. The molecule has 1 aromatic rings. The zero-order valence-electron chi connectivity index (χ0n) is 27.4. The lowest BCUT2D eigenvalue weighted by molar-refractivity contribution is -0.143. The maximum Gasteiger partial charge on any atom is 0.408 e. The van der Waals surface area contributed by atoms with Crippen molar-refractivity contribution in [2.75, 3.05) is 6.54 Å². The number of carbonyl (C=O) groups is 4. The number of aliphatic hydroxyl groups is 1. The van der Waals surface area contributed by atoms with Crippen molar-refractivity contribution < 1.29 is 41.8 Å². The Morgan fingerprint density at radius 1 is 1.13 bits per heavy atom. The van der Waals surface area contributed by atoms with Gasteiger partial charge in [-0.2, -0.15) is 0 Å². The molecule has 1 heterocycles. The van der Waals surface area contributed by atoms with Gasteiger partial charge in [-0.15, -0.1) is 6.58 Å². The van der Waals surface area contributed by atoms with Crippen LogP contribution in [0, 0.1) is 24.1 Å². The number of hydrogen-bond donors (Lipinski definition) is 4. The molecule has 12 nitrogen and oxygen atoms in total. The molecule has 1 aliphatic heterocycles. The minimum Gasteiger partial charge on any atom is -0.444 e. The van der Waals surface area contributed by atoms with Gasteiger partial charge in [0.1, 0.15) is 34.6 Å². The number of benzene rings is 1. The van der Waals surface area contributed by atoms with Gasteiger partial charge in [0.15, 0.2) is 0 Å². The third kappa shape index (κ3) is 7.38. The normalized spacial score (nSPS) is 26.9. The van der Waals surface area contributed by atoms with E-state index in [-0.39, 0.29) is 18.4 Å². The minimum absolute atomic E-state index is 0.0766. The number of rotatable bonds is 9. The van der Waals surface area contributed by atoms with Crippen LogP contribution in [0.25, 0.3) is 0 Å². The Bertz CT molecular complexity index is 1550. The summed E-state index contributed by atoms with van der Waals surface area (Å²) in [6, 6.07) is 1.52. The van der Waals surface area contributed by atoms with Crippen LogP contribution in [0.2, 0.25) is 0 Å². The van der Waals surface area contributed by atoms with Gasteiger partial charge in [0.2, 0.25) is 21.8 Å². The molecule has 2 aliphatic carbocycles. The second-order valence-corrected chi connectivity index (χ2v) is 16.8. The van der Waals surface area contributed by atoms with Crippen LogP contribution in [-0.4, -0.2) is 77.3 Å². The monoisotopic (exact) mass is 664 g/mol. The van der Waals surface area contributed by atoms with Gasteiger partial charge in [0, 0.05) is 12.3 Å². The van der Waals surface area contributed by atoms with Gasteiger partial charge in [-0.1, -0.05) is 39.0 Å². The van der Waals surface area contributed by atoms with Crippen LogP contribution in [-0.2, 0) is 34.7 Å². The summed E-state index contributed by atoms with van der Waals surface area (Å²) in [7, 11) is -3.93. The molecule has 0 radical (unpaired) electrons. The number of β-amino-alcohol motifs (C(OH)–C–C–N with tert-alkyl or cyclic N) is 1. The molecule has 14 heteroatoms. The van der Waals surface area contributed by atoms with Crippen molar-refractivity contribution in [3.63, 3.8) is 0 Å². The van der Waals surface area contributed by atoms with E-state index in [2.05, 4.69) is 21.9 Å². The quantitative estimate of drug-likeness (QED) is 0.292. The number of amides is 4. The van der Waals surface area contributed by atoms with Crippen molar-refractivity contribution in [1.29, 1.82) is 0 Å². The summed E-state index contributed by atoms with van der Waals surface area (Å²) >= 11 is 0. The van der Waals surface area contributed by atoms with E-state index >= 15 is 0 Å². The predicted molar refractivity (Wildman–Crippen MR) is 167 cm³/mol. The third-order valence-corrected chi connectivity index (χ3v) is 10.5. The van der Waals surface area contributed by atoms with E-state index < -0.39 is 91.6 Å². The highest BCUT2D eigenvalue weighted by Gasteiger charge is 2.62. The number of sulfonamides is 1. The summed E-state index contributed by atoms with van der Waals surface area (Å²) in [6.45, 7) is 14.9. The molecule has 4 N–H and O–H groups in total. The first-order valence-electron chi connectivity index (χ1n) is 15.3. The van der Waals surface area contributed by atoms with Crippen molar-refractivity contribution in [2.24, 2.45) is 11.3 Å². The molecule has 3 fully saturated rings. The number of halogens is 1.